The molecule has 8 heteroatoms. The molecule has 0 spiro atoms. The summed E-state index contributed by atoms with van der Waals surface area (Å²) < 4.78 is 61.2. The van der Waals surface area contributed by atoms with Crippen LogP contribution in [0.15, 0.2) is 63.2 Å². The van der Waals surface area contributed by atoms with Crippen LogP contribution in [0.25, 0.3) is 0 Å². The van der Waals surface area contributed by atoms with Gasteiger partial charge in [0, 0.05) is 10.7 Å². The summed E-state index contributed by atoms with van der Waals surface area (Å²) >= 11 is 0. The molecule has 0 unspecified atom stereocenters. The van der Waals surface area contributed by atoms with Gasteiger partial charge < -0.3 is 0 Å². The third-order valence-corrected chi connectivity index (χ3v) is 5.88. The standard InChI is InChI=1S/C12H8ClFO4S2/c13-20(17,18)12-8-4-3-7-11(12)19(15,16)10-6-2-1-5-9(10)14/h1-8H. The van der Waals surface area contributed by atoms with Crippen molar-refractivity contribution in [1.29, 1.82) is 0 Å². The SMILES string of the molecule is O=S(=O)(Cl)c1ccccc1S(=O)(=O)c1ccccc1F. The van der Waals surface area contributed by atoms with Gasteiger partial charge in [0.2, 0.25) is 9.84 Å². The number of hydrogen-bond donors (Lipinski definition) is 0. The maximum atomic E-state index is 13.6. The van der Waals surface area contributed by atoms with Crippen molar-refractivity contribution in [2.75, 3.05) is 0 Å². The fourth-order valence-corrected chi connectivity index (χ4v) is 4.81. The normalized spacial score (nSPS) is 12.3. The van der Waals surface area contributed by atoms with Crippen molar-refractivity contribution in [1.82, 2.24) is 0 Å². The van der Waals surface area contributed by atoms with Crippen LogP contribution in [0.2, 0.25) is 0 Å². The molecule has 0 radical (unpaired) electrons. The first-order valence-electron chi connectivity index (χ1n) is 5.28. The van der Waals surface area contributed by atoms with Crippen LogP contribution in [-0.2, 0) is 18.9 Å². The zero-order chi connectivity index (χ0) is 15.0. The van der Waals surface area contributed by atoms with Crippen LogP contribution in [0.4, 0.5) is 4.39 Å². The first kappa shape index (κ1) is 15.0. The van der Waals surface area contributed by atoms with Crippen molar-refractivity contribution in [3.63, 3.8) is 0 Å². The highest BCUT2D eigenvalue weighted by Crippen LogP contribution is 2.30. The number of benzene rings is 2. The predicted molar refractivity (Wildman–Crippen MR) is 71.3 cm³/mol. The molecule has 2 aromatic rings. The topological polar surface area (TPSA) is 68.3 Å². The van der Waals surface area contributed by atoms with Crippen molar-refractivity contribution >= 4 is 29.6 Å². The molecule has 0 N–H and O–H groups in total. The van der Waals surface area contributed by atoms with Crippen molar-refractivity contribution in [3.8, 4) is 0 Å². The summed E-state index contributed by atoms with van der Waals surface area (Å²) in [4.78, 5) is -1.74. The van der Waals surface area contributed by atoms with Crippen LogP contribution in [-0.4, -0.2) is 16.8 Å². The third-order valence-electron chi connectivity index (χ3n) is 2.53. The second kappa shape index (κ2) is 5.16. The molecular weight excluding hydrogens is 327 g/mol. The van der Waals surface area contributed by atoms with Gasteiger partial charge in [0.25, 0.3) is 9.05 Å². The van der Waals surface area contributed by atoms with Gasteiger partial charge in [0.15, 0.2) is 0 Å². The lowest BCUT2D eigenvalue weighted by molar-refractivity contribution is 0.563. The summed E-state index contributed by atoms with van der Waals surface area (Å²) in [5, 5.41) is 0. The summed E-state index contributed by atoms with van der Waals surface area (Å²) in [6.45, 7) is 0. The Bertz CT molecular complexity index is 861. The lowest BCUT2D eigenvalue weighted by Crippen LogP contribution is -2.08. The Balaban J connectivity index is 2.79. The molecule has 106 valence electrons. The fraction of sp³-hybridized carbons (Fsp3) is 0. The monoisotopic (exact) mass is 334 g/mol. The highest BCUT2D eigenvalue weighted by atomic mass is 35.7. The zero-order valence-corrected chi connectivity index (χ0v) is 12.2. The Morgan fingerprint density at radius 2 is 1.20 bits per heavy atom. The minimum atomic E-state index is -4.32. The van der Waals surface area contributed by atoms with E-state index in [4.69, 9.17) is 10.7 Å². The maximum absolute atomic E-state index is 13.6. The van der Waals surface area contributed by atoms with Crippen LogP contribution in [0.5, 0.6) is 0 Å². The van der Waals surface area contributed by atoms with Gasteiger partial charge in [-0.3, -0.25) is 0 Å². The lowest BCUT2D eigenvalue weighted by atomic mass is 10.3. The smallest absolute Gasteiger partial charge is 0.218 e. The Labute approximate surface area is 120 Å². The third kappa shape index (κ3) is 2.70. The van der Waals surface area contributed by atoms with E-state index in [0.29, 0.717) is 0 Å². The lowest BCUT2D eigenvalue weighted by Gasteiger charge is -2.08. The molecule has 0 fully saturated rings. The van der Waals surface area contributed by atoms with Crippen LogP contribution in [0.1, 0.15) is 0 Å². The minimum Gasteiger partial charge on any atom is -0.218 e. The van der Waals surface area contributed by atoms with E-state index in [2.05, 4.69) is 0 Å². The van der Waals surface area contributed by atoms with Crippen molar-refractivity contribution in [2.45, 2.75) is 14.7 Å². The number of rotatable bonds is 3. The largest absolute Gasteiger partial charge is 0.262 e. The summed E-state index contributed by atoms with van der Waals surface area (Å²) in [5.74, 6) is -0.964. The molecular formula is C12H8ClFO4S2. The van der Waals surface area contributed by atoms with E-state index < -0.39 is 39.4 Å². The van der Waals surface area contributed by atoms with Crippen molar-refractivity contribution in [3.05, 3.63) is 54.3 Å². The summed E-state index contributed by atoms with van der Waals surface area (Å²) in [7, 11) is -3.38. The summed E-state index contributed by atoms with van der Waals surface area (Å²) in [6.07, 6.45) is 0. The molecule has 2 aromatic carbocycles. The molecule has 0 heterocycles. The molecule has 0 saturated carbocycles. The van der Waals surface area contributed by atoms with Crippen LogP contribution >= 0.6 is 10.7 Å². The first-order chi connectivity index (χ1) is 9.24. The zero-order valence-electron chi connectivity index (χ0n) is 9.82. The summed E-state index contributed by atoms with van der Waals surface area (Å²) in [5.41, 5.74) is 0. The van der Waals surface area contributed by atoms with Gasteiger partial charge in [-0.15, -0.1) is 0 Å². The number of halogens is 2. The van der Waals surface area contributed by atoms with Crippen LogP contribution < -0.4 is 0 Å². The molecule has 0 aliphatic heterocycles. The van der Waals surface area contributed by atoms with Crippen molar-refractivity contribution in [2.24, 2.45) is 0 Å². The minimum absolute atomic E-state index is 0.555. The second-order valence-corrected chi connectivity index (χ2v) is 8.24. The van der Waals surface area contributed by atoms with Gasteiger partial charge in [-0.2, -0.15) is 0 Å². The predicted octanol–water partition coefficient (Wildman–Crippen LogP) is 2.59. The Kier molecular flexibility index (Phi) is 3.86. The average Bonchev–Trinajstić information content (AvgIpc) is 2.38. The molecule has 20 heavy (non-hydrogen) atoms. The molecule has 4 nitrogen and oxygen atoms in total. The molecule has 0 saturated heterocycles. The summed E-state index contributed by atoms with van der Waals surface area (Å²) in [6, 6.07) is 9.49. The van der Waals surface area contributed by atoms with Crippen LogP contribution in [0, 0.1) is 5.82 Å². The van der Waals surface area contributed by atoms with Gasteiger partial charge in [-0.25, -0.2) is 21.2 Å². The van der Waals surface area contributed by atoms with Gasteiger partial charge in [-0.05, 0) is 24.3 Å². The van der Waals surface area contributed by atoms with E-state index in [1.165, 1.54) is 24.3 Å². The maximum Gasteiger partial charge on any atom is 0.262 e. The van der Waals surface area contributed by atoms with Gasteiger partial charge in [-0.1, -0.05) is 24.3 Å². The highest BCUT2D eigenvalue weighted by molar-refractivity contribution is 8.14. The fourth-order valence-electron chi connectivity index (χ4n) is 1.65. The highest BCUT2D eigenvalue weighted by Gasteiger charge is 2.28. The van der Waals surface area contributed by atoms with E-state index in [-0.39, 0.29) is 0 Å². The molecule has 0 amide bonds. The van der Waals surface area contributed by atoms with E-state index in [1.807, 2.05) is 0 Å². The molecule has 0 aliphatic rings. The number of sulfone groups is 1. The van der Waals surface area contributed by atoms with E-state index in [1.54, 1.807) is 0 Å². The first-order valence-corrected chi connectivity index (χ1v) is 9.07. The average molecular weight is 335 g/mol. The van der Waals surface area contributed by atoms with Gasteiger partial charge in [0.05, 0.1) is 4.90 Å². The Hall–Kier alpha value is -1.44. The molecule has 0 aromatic heterocycles. The molecule has 0 aliphatic carbocycles. The quantitative estimate of drug-likeness (QED) is 0.809. The van der Waals surface area contributed by atoms with E-state index >= 15 is 0 Å². The molecule has 0 atom stereocenters. The van der Waals surface area contributed by atoms with Crippen molar-refractivity contribution < 1.29 is 21.2 Å². The molecule has 0 bridgehead atoms. The van der Waals surface area contributed by atoms with E-state index in [0.717, 1.165) is 24.3 Å². The number of hydrogen-bond acceptors (Lipinski definition) is 4. The van der Waals surface area contributed by atoms with Gasteiger partial charge in [0.1, 0.15) is 15.6 Å². The second-order valence-electron chi connectivity index (χ2n) is 3.82. The molecule has 2 rings (SSSR count). The Morgan fingerprint density at radius 1 is 0.750 bits per heavy atom. The van der Waals surface area contributed by atoms with Crippen LogP contribution in [0.3, 0.4) is 0 Å². The Morgan fingerprint density at radius 3 is 1.70 bits per heavy atom. The van der Waals surface area contributed by atoms with Gasteiger partial charge >= 0.3 is 0 Å². The van der Waals surface area contributed by atoms with E-state index in [9.17, 15) is 21.2 Å².